The molecule has 0 heterocycles. The monoisotopic (exact) mass is 613 g/mol. The number of sulfonamides is 1. The van der Waals surface area contributed by atoms with E-state index in [2.05, 4.69) is 26.5 Å². The van der Waals surface area contributed by atoms with E-state index in [9.17, 15) is 13.2 Å². The topological polar surface area (TPSA) is 97.3 Å². The molecule has 0 saturated carbocycles. The van der Waals surface area contributed by atoms with Crippen LogP contribution in [0.4, 0.5) is 0 Å². The van der Waals surface area contributed by atoms with E-state index >= 15 is 0 Å². The Balaban J connectivity index is 1.81. The average Bonchev–Trinajstić information content (AvgIpc) is 2.86. The van der Waals surface area contributed by atoms with Crippen LogP contribution in [0.5, 0.6) is 11.5 Å². The zero-order chi connectivity index (χ0) is 26.3. The Hall–Kier alpha value is -2.63. The Morgan fingerprint density at radius 2 is 1.75 bits per heavy atom. The number of ether oxygens (including phenoxy) is 2. The zero-order valence-electron chi connectivity index (χ0n) is 19.2. The van der Waals surface area contributed by atoms with Crippen molar-refractivity contribution < 1.29 is 22.7 Å². The first kappa shape index (κ1) is 27.9. The van der Waals surface area contributed by atoms with E-state index in [4.69, 9.17) is 32.7 Å². The number of benzene rings is 3. The van der Waals surface area contributed by atoms with Crippen molar-refractivity contribution in [2.45, 2.75) is 11.4 Å². The lowest BCUT2D eigenvalue weighted by atomic mass is 10.2. The zero-order valence-corrected chi connectivity index (χ0v) is 23.2. The van der Waals surface area contributed by atoms with Crippen LogP contribution in [-0.2, 0) is 21.4 Å². The molecule has 0 saturated heterocycles. The van der Waals surface area contributed by atoms with Crippen molar-refractivity contribution in [3.63, 3.8) is 0 Å². The van der Waals surface area contributed by atoms with Gasteiger partial charge < -0.3 is 9.47 Å². The van der Waals surface area contributed by atoms with Gasteiger partial charge in [-0.2, -0.15) is 9.41 Å². The highest BCUT2D eigenvalue weighted by Crippen LogP contribution is 2.26. The molecule has 12 heteroatoms. The van der Waals surface area contributed by atoms with Crippen LogP contribution in [-0.4, -0.2) is 45.6 Å². The Kier molecular flexibility index (Phi) is 9.75. The predicted molar refractivity (Wildman–Crippen MR) is 143 cm³/mol. The predicted octanol–water partition coefficient (Wildman–Crippen LogP) is 5.11. The molecule has 3 aromatic carbocycles. The highest BCUT2D eigenvalue weighted by molar-refractivity contribution is 9.10. The molecule has 1 amide bonds. The summed E-state index contributed by atoms with van der Waals surface area (Å²) < 4.78 is 39.0. The summed E-state index contributed by atoms with van der Waals surface area (Å²) in [6, 6.07) is 16.0. The Labute approximate surface area is 228 Å². The molecule has 0 aliphatic carbocycles. The highest BCUT2D eigenvalue weighted by Gasteiger charge is 2.27. The minimum absolute atomic E-state index is 0.0324. The summed E-state index contributed by atoms with van der Waals surface area (Å²) in [5.41, 5.74) is 3.51. The number of carbonyl (C=O) groups is 1. The van der Waals surface area contributed by atoms with Crippen LogP contribution in [0.25, 0.3) is 0 Å². The maximum absolute atomic E-state index is 13.4. The maximum Gasteiger partial charge on any atom is 0.255 e. The van der Waals surface area contributed by atoms with Gasteiger partial charge in [0.1, 0.15) is 11.5 Å². The van der Waals surface area contributed by atoms with E-state index in [0.717, 1.165) is 8.78 Å². The van der Waals surface area contributed by atoms with Crippen LogP contribution < -0.4 is 14.9 Å². The fourth-order valence-corrected chi connectivity index (χ4v) is 5.09. The fourth-order valence-electron chi connectivity index (χ4n) is 3.12. The van der Waals surface area contributed by atoms with Gasteiger partial charge >= 0.3 is 0 Å². The van der Waals surface area contributed by atoms with Gasteiger partial charge in [0.15, 0.2) is 0 Å². The summed E-state index contributed by atoms with van der Waals surface area (Å²) in [5.74, 6) is 0.454. The third-order valence-corrected chi connectivity index (χ3v) is 8.02. The molecular weight excluding hydrogens is 593 g/mol. The van der Waals surface area contributed by atoms with Gasteiger partial charge in [0.25, 0.3) is 5.91 Å². The lowest BCUT2D eigenvalue weighted by molar-refractivity contribution is -0.121. The molecular formula is C24H22BrCl2N3O5S. The number of hydrazone groups is 1. The number of nitrogens with zero attached hydrogens (tertiary/aromatic N) is 2. The van der Waals surface area contributed by atoms with E-state index in [1.165, 1.54) is 32.6 Å². The Morgan fingerprint density at radius 1 is 1.03 bits per heavy atom. The molecule has 36 heavy (non-hydrogen) atoms. The van der Waals surface area contributed by atoms with E-state index < -0.39 is 22.5 Å². The van der Waals surface area contributed by atoms with Crippen molar-refractivity contribution in [1.82, 2.24) is 9.73 Å². The Morgan fingerprint density at radius 3 is 2.39 bits per heavy atom. The molecule has 3 rings (SSSR count). The number of hydrogen-bond acceptors (Lipinski definition) is 6. The van der Waals surface area contributed by atoms with Crippen molar-refractivity contribution in [2.24, 2.45) is 5.10 Å². The first-order chi connectivity index (χ1) is 17.1. The summed E-state index contributed by atoms with van der Waals surface area (Å²) in [4.78, 5) is 12.7. The number of rotatable bonds is 10. The van der Waals surface area contributed by atoms with E-state index in [1.807, 2.05) is 0 Å². The van der Waals surface area contributed by atoms with Crippen LogP contribution in [0, 0.1) is 0 Å². The first-order valence-corrected chi connectivity index (χ1v) is 13.4. The summed E-state index contributed by atoms with van der Waals surface area (Å²) in [5, 5.41) is 4.56. The second kappa shape index (κ2) is 12.6. The molecule has 0 aliphatic heterocycles. The quantitative estimate of drug-likeness (QED) is 0.253. The molecule has 0 bridgehead atoms. The van der Waals surface area contributed by atoms with Crippen LogP contribution in [0.15, 0.2) is 75.1 Å². The number of amides is 1. The number of carbonyl (C=O) groups excluding carboxylic acids is 1. The van der Waals surface area contributed by atoms with E-state index in [0.29, 0.717) is 27.6 Å². The first-order valence-electron chi connectivity index (χ1n) is 10.4. The van der Waals surface area contributed by atoms with Gasteiger partial charge in [-0.15, -0.1) is 0 Å². The second-order valence-corrected chi connectivity index (χ2v) is 11.0. The molecule has 0 spiro atoms. The smallest absolute Gasteiger partial charge is 0.255 e. The summed E-state index contributed by atoms with van der Waals surface area (Å²) >= 11 is 15.4. The minimum atomic E-state index is -4.04. The number of methoxy groups -OCH3 is 2. The molecule has 8 nitrogen and oxygen atoms in total. The average molecular weight is 615 g/mol. The summed E-state index contributed by atoms with van der Waals surface area (Å²) in [7, 11) is -1.00. The van der Waals surface area contributed by atoms with Crippen molar-refractivity contribution in [1.29, 1.82) is 0 Å². The van der Waals surface area contributed by atoms with Gasteiger partial charge in [0.2, 0.25) is 10.0 Å². The van der Waals surface area contributed by atoms with Crippen molar-refractivity contribution in [3.8, 4) is 11.5 Å². The Bertz CT molecular complexity index is 1370. The molecule has 0 radical (unpaired) electrons. The van der Waals surface area contributed by atoms with Gasteiger partial charge in [-0.05, 0) is 54.1 Å². The van der Waals surface area contributed by atoms with Gasteiger partial charge in [-0.3, -0.25) is 4.79 Å². The van der Waals surface area contributed by atoms with Crippen LogP contribution >= 0.6 is 39.1 Å². The highest BCUT2D eigenvalue weighted by atomic mass is 79.9. The lowest BCUT2D eigenvalue weighted by Gasteiger charge is -2.22. The second-order valence-electron chi connectivity index (χ2n) is 7.38. The molecule has 0 aliphatic rings. The number of halogens is 3. The molecule has 3 aromatic rings. The van der Waals surface area contributed by atoms with Gasteiger partial charge in [-0.25, -0.2) is 13.8 Å². The standard InChI is InChI=1S/C24H22BrCl2N3O5S/c1-34-19-7-4-17(23(12-19)35-2)13-28-29-24(31)15-30(14-16-3-10-21(26)22(27)11-16)36(32,33)20-8-5-18(25)6-9-20/h3-13H,14-15H2,1-2H3,(H,29,31)/b28-13+. The largest absolute Gasteiger partial charge is 0.497 e. The fraction of sp³-hybridized carbons (Fsp3) is 0.167. The minimum Gasteiger partial charge on any atom is -0.497 e. The molecule has 0 atom stereocenters. The number of nitrogens with one attached hydrogen (secondary N) is 1. The molecule has 0 unspecified atom stereocenters. The molecule has 0 fully saturated rings. The molecule has 0 aromatic heterocycles. The van der Waals surface area contributed by atoms with Gasteiger partial charge in [-0.1, -0.05) is 45.2 Å². The van der Waals surface area contributed by atoms with Gasteiger partial charge in [0.05, 0.1) is 41.9 Å². The van der Waals surface area contributed by atoms with Crippen molar-refractivity contribution in [2.75, 3.05) is 20.8 Å². The lowest BCUT2D eigenvalue weighted by Crippen LogP contribution is -2.39. The van der Waals surface area contributed by atoms with Crippen LogP contribution in [0.3, 0.4) is 0 Å². The molecule has 1 N–H and O–H groups in total. The van der Waals surface area contributed by atoms with E-state index in [1.54, 1.807) is 48.5 Å². The normalized spacial score (nSPS) is 11.6. The summed E-state index contributed by atoms with van der Waals surface area (Å²) in [6.45, 7) is -0.603. The van der Waals surface area contributed by atoms with Crippen molar-refractivity contribution >= 4 is 61.3 Å². The van der Waals surface area contributed by atoms with Crippen LogP contribution in [0.1, 0.15) is 11.1 Å². The van der Waals surface area contributed by atoms with E-state index in [-0.39, 0.29) is 16.5 Å². The van der Waals surface area contributed by atoms with Gasteiger partial charge in [0, 0.05) is 22.6 Å². The van der Waals surface area contributed by atoms with Crippen molar-refractivity contribution in [3.05, 3.63) is 86.3 Å². The summed E-state index contributed by atoms with van der Waals surface area (Å²) in [6.07, 6.45) is 1.39. The molecule has 190 valence electrons. The maximum atomic E-state index is 13.4. The third kappa shape index (κ3) is 7.21. The third-order valence-electron chi connectivity index (χ3n) is 4.95. The van der Waals surface area contributed by atoms with Crippen LogP contribution in [0.2, 0.25) is 10.0 Å². The number of hydrogen-bond donors (Lipinski definition) is 1. The SMILES string of the molecule is COc1ccc(/C=N/NC(=O)CN(Cc2ccc(Cl)c(Cl)c2)S(=O)(=O)c2ccc(Br)cc2)c(OC)c1.